The first-order chi connectivity index (χ1) is 9.08. The van der Waals surface area contributed by atoms with Crippen LogP contribution in [0.2, 0.25) is 0 Å². The molecule has 1 aliphatic rings. The molecular weight excluding hydrogens is 240 g/mol. The minimum atomic E-state index is -0.899. The molecule has 0 amide bonds. The zero-order valence-corrected chi connectivity index (χ0v) is 11.7. The van der Waals surface area contributed by atoms with Gasteiger partial charge in [-0.25, -0.2) is 4.79 Å². The van der Waals surface area contributed by atoms with Crippen LogP contribution in [0, 0.1) is 0 Å². The third kappa shape index (κ3) is 3.49. The molecule has 0 unspecified atom stereocenters. The summed E-state index contributed by atoms with van der Waals surface area (Å²) >= 11 is 0. The fourth-order valence-electron chi connectivity index (χ4n) is 2.77. The summed E-state index contributed by atoms with van der Waals surface area (Å²) in [5, 5.41) is 9.09. The molecule has 0 saturated heterocycles. The van der Waals surface area contributed by atoms with Crippen LogP contribution in [-0.4, -0.2) is 17.2 Å². The number of aromatic carboxylic acids is 1. The van der Waals surface area contributed by atoms with Crippen molar-refractivity contribution < 1.29 is 14.6 Å². The van der Waals surface area contributed by atoms with Gasteiger partial charge in [-0.15, -0.1) is 0 Å². The van der Waals surface area contributed by atoms with Gasteiger partial charge in [0.05, 0.1) is 11.7 Å². The topological polar surface area (TPSA) is 46.5 Å². The average Bonchev–Trinajstić information content (AvgIpc) is 2.39. The minimum Gasteiger partial charge on any atom is -0.491 e. The molecule has 0 aromatic heterocycles. The number of carbonyl (C=O) groups is 1. The van der Waals surface area contributed by atoms with Crippen LogP contribution < -0.4 is 4.74 Å². The molecule has 1 aromatic carbocycles. The minimum absolute atomic E-state index is 0.0615. The molecule has 0 spiro atoms. The normalized spacial score (nSPS) is 16.6. The van der Waals surface area contributed by atoms with E-state index in [0.717, 1.165) is 5.75 Å². The van der Waals surface area contributed by atoms with Gasteiger partial charge < -0.3 is 9.84 Å². The highest BCUT2D eigenvalue weighted by Crippen LogP contribution is 2.38. The third-order valence-electron chi connectivity index (χ3n) is 3.67. The predicted molar refractivity (Wildman–Crippen MR) is 75.0 cm³/mol. The van der Waals surface area contributed by atoms with Crippen molar-refractivity contribution in [3.63, 3.8) is 0 Å². The van der Waals surface area contributed by atoms with E-state index in [9.17, 15) is 4.79 Å². The van der Waals surface area contributed by atoms with Gasteiger partial charge in [0.25, 0.3) is 0 Å². The van der Waals surface area contributed by atoms with Crippen molar-refractivity contribution in [1.29, 1.82) is 0 Å². The van der Waals surface area contributed by atoms with Gasteiger partial charge in [-0.05, 0) is 50.3 Å². The molecule has 0 radical (unpaired) electrons. The summed E-state index contributed by atoms with van der Waals surface area (Å²) in [5.74, 6) is 0.371. The van der Waals surface area contributed by atoms with Gasteiger partial charge >= 0.3 is 5.97 Å². The van der Waals surface area contributed by atoms with Crippen LogP contribution in [0.3, 0.4) is 0 Å². The van der Waals surface area contributed by atoms with E-state index in [1.54, 1.807) is 12.1 Å². The van der Waals surface area contributed by atoms with Crippen molar-refractivity contribution in [3.05, 3.63) is 29.3 Å². The Morgan fingerprint density at radius 1 is 1.26 bits per heavy atom. The summed E-state index contributed by atoms with van der Waals surface area (Å²) in [4.78, 5) is 11.1. The molecule has 1 N–H and O–H groups in total. The summed E-state index contributed by atoms with van der Waals surface area (Å²) in [6.07, 6.45) is 6.25. The molecule has 0 heterocycles. The van der Waals surface area contributed by atoms with Crippen molar-refractivity contribution in [3.8, 4) is 5.75 Å². The Kier molecular flexibility index (Phi) is 4.46. The van der Waals surface area contributed by atoms with Gasteiger partial charge in [-0.3, -0.25) is 0 Å². The van der Waals surface area contributed by atoms with Crippen LogP contribution in [0.1, 0.15) is 67.8 Å². The third-order valence-corrected chi connectivity index (χ3v) is 3.67. The first-order valence-corrected chi connectivity index (χ1v) is 7.12. The van der Waals surface area contributed by atoms with Crippen molar-refractivity contribution in [2.75, 3.05) is 0 Å². The second-order valence-corrected chi connectivity index (χ2v) is 5.56. The van der Waals surface area contributed by atoms with Gasteiger partial charge in [0.1, 0.15) is 5.75 Å². The van der Waals surface area contributed by atoms with Crippen molar-refractivity contribution in [1.82, 2.24) is 0 Å². The van der Waals surface area contributed by atoms with Gasteiger partial charge in [0.2, 0.25) is 0 Å². The van der Waals surface area contributed by atoms with Crippen LogP contribution >= 0.6 is 0 Å². The largest absolute Gasteiger partial charge is 0.491 e. The SMILES string of the molecule is CC(C)Oc1cc(C(=O)O)ccc1C1CCCCC1. The monoisotopic (exact) mass is 262 g/mol. The van der Waals surface area contributed by atoms with Crippen molar-refractivity contribution in [2.24, 2.45) is 0 Å². The second-order valence-electron chi connectivity index (χ2n) is 5.56. The van der Waals surface area contributed by atoms with E-state index in [1.165, 1.54) is 37.7 Å². The van der Waals surface area contributed by atoms with Gasteiger partial charge in [-0.2, -0.15) is 0 Å². The number of carboxylic acid groups (broad SMARTS) is 1. The second kappa shape index (κ2) is 6.09. The van der Waals surface area contributed by atoms with Gasteiger partial charge in [0.15, 0.2) is 0 Å². The molecule has 3 nitrogen and oxygen atoms in total. The van der Waals surface area contributed by atoms with E-state index in [1.807, 2.05) is 19.9 Å². The Morgan fingerprint density at radius 2 is 1.95 bits per heavy atom. The number of ether oxygens (including phenoxy) is 1. The molecule has 1 aliphatic carbocycles. The Balaban J connectivity index is 2.31. The fraction of sp³-hybridized carbons (Fsp3) is 0.562. The Hall–Kier alpha value is -1.51. The number of benzene rings is 1. The Morgan fingerprint density at radius 3 is 2.53 bits per heavy atom. The number of rotatable bonds is 4. The molecule has 0 atom stereocenters. The van der Waals surface area contributed by atoms with Crippen LogP contribution in [0.4, 0.5) is 0 Å². The van der Waals surface area contributed by atoms with E-state index >= 15 is 0 Å². The first kappa shape index (κ1) is 13.9. The summed E-state index contributed by atoms with van der Waals surface area (Å²) in [5.41, 5.74) is 1.48. The lowest BCUT2D eigenvalue weighted by molar-refractivity contribution is 0.0696. The van der Waals surface area contributed by atoms with Crippen molar-refractivity contribution in [2.45, 2.75) is 58.0 Å². The lowest BCUT2D eigenvalue weighted by Crippen LogP contribution is -2.12. The molecular formula is C16H22O3. The molecule has 1 fully saturated rings. The molecule has 2 rings (SSSR count). The highest BCUT2D eigenvalue weighted by atomic mass is 16.5. The van der Waals surface area contributed by atoms with Crippen LogP contribution in [-0.2, 0) is 0 Å². The molecule has 1 aromatic rings. The smallest absolute Gasteiger partial charge is 0.335 e. The summed E-state index contributed by atoms with van der Waals surface area (Å²) in [6, 6.07) is 5.31. The lowest BCUT2D eigenvalue weighted by atomic mass is 9.83. The van der Waals surface area contributed by atoms with E-state index in [4.69, 9.17) is 9.84 Å². The number of hydrogen-bond acceptors (Lipinski definition) is 2. The zero-order chi connectivity index (χ0) is 13.8. The number of carboxylic acids is 1. The Bertz CT molecular complexity index is 445. The fourth-order valence-corrected chi connectivity index (χ4v) is 2.77. The molecule has 0 aliphatic heterocycles. The maximum atomic E-state index is 11.1. The van der Waals surface area contributed by atoms with Gasteiger partial charge in [-0.1, -0.05) is 25.3 Å². The standard InChI is InChI=1S/C16H22O3/c1-11(2)19-15-10-13(16(17)18)8-9-14(15)12-6-4-3-5-7-12/h8-12H,3-7H2,1-2H3,(H,17,18). The summed E-state index contributed by atoms with van der Waals surface area (Å²) < 4.78 is 5.83. The maximum absolute atomic E-state index is 11.1. The Labute approximate surface area is 114 Å². The molecule has 1 saturated carbocycles. The van der Waals surface area contributed by atoms with Crippen LogP contribution in [0.15, 0.2) is 18.2 Å². The van der Waals surface area contributed by atoms with E-state index in [-0.39, 0.29) is 6.10 Å². The maximum Gasteiger partial charge on any atom is 0.335 e. The molecule has 19 heavy (non-hydrogen) atoms. The first-order valence-electron chi connectivity index (χ1n) is 7.12. The average molecular weight is 262 g/mol. The molecule has 3 heteroatoms. The molecule has 104 valence electrons. The predicted octanol–water partition coefficient (Wildman–Crippen LogP) is 4.22. The zero-order valence-electron chi connectivity index (χ0n) is 11.7. The molecule has 0 bridgehead atoms. The van der Waals surface area contributed by atoms with Crippen molar-refractivity contribution >= 4 is 5.97 Å². The van der Waals surface area contributed by atoms with Crippen LogP contribution in [0.5, 0.6) is 5.75 Å². The summed E-state index contributed by atoms with van der Waals surface area (Å²) in [7, 11) is 0. The highest BCUT2D eigenvalue weighted by molar-refractivity contribution is 5.88. The highest BCUT2D eigenvalue weighted by Gasteiger charge is 2.21. The quantitative estimate of drug-likeness (QED) is 0.883. The van der Waals surface area contributed by atoms with E-state index in [2.05, 4.69) is 0 Å². The van der Waals surface area contributed by atoms with E-state index in [0.29, 0.717) is 11.5 Å². The van der Waals surface area contributed by atoms with Crippen LogP contribution in [0.25, 0.3) is 0 Å². The van der Waals surface area contributed by atoms with E-state index < -0.39 is 5.97 Å². The van der Waals surface area contributed by atoms with Gasteiger partial charge in [0, 0.05) is 0 Å². The lowest BCUT2D eigenvalue weighted by Gasteiger charge is -2.25. The number of hydrogen-bond donors (Lipinski definition) is 1. The summed E-state index contributed by atoms with van der Waals surface area (Å²) in [6.45, 7) is 3.94.